The standard InChI is InChI=1S/C9H10F/c1-3-8-6-4-5-7(2)9(8)10/h4-6H,1,3H2,2H3. The maximum Gasteiger partial charge on any atom is 0.129 e. The van der Waals surface area contributed by atoms with Crippen LogP contribution in [-0.2, 0) is 6.42 Å². The van der Waals surface area contributed by atoms with Crippen LogP contribution in [0.25, 0.3) is 0 Å². The molecule has 0 N–H and O–H groups in total. The van der Waals surface area contributed by atoms with Crippen LogP contribution in [0.1, 0.15) is 11.1 Å². The summed E-state index contributed by atoms with van der Waals surface area (Å²) in [5, 5.41) is 0. The Morgan fingerprint density at radius 1 is 1.50 bits per heavy atom. The molecule has 0 heterocycles. The molecule has 0 spiro atoms. The first-order chi connectivity index (χ1) is 4.75. The van der Waals surface area contributed by atoms with Crippen molar-refractivity contribution in [2.24, 2.45) is 0 Å². The number of benzene rings is 1. The molecular weight excluding hydrogens is 127 g/mol. The summed E-state index contributed by atoms with van der Waals surface area (Å²) >= 11 is 0. The second-order valence-electron chi connectivity index (χ2n) is 2.30. The summed E-state index contributed by atoms with van der Waals surface area (Å²) in [7, 11) is 0. The molecule has 1 heteroatoms. The summed E-state index contributed by atoms with van der Waals surface area (Å²) < 4.78 is 13.0. The maximum atomic E-state index is 13.0. The van der Waals surface area contributed by atoms with Crippen molar-refractivity contribution in [1.29, 1.82) is 0 Å². The average Bonchev–Trinajstić information content (AvgIpc) is 1.95. The predicted molar refractivity (Wildman–Crippen MR) is 40.2 cm³/mol. The third-order valence-electron chi connectivity index (χ3n) is 1.54. The van der Waals surface area contributed by atoms with E-state index in [2.05, 4.69) is 6.92 Å². The molecule has 0 aliphatic rings. The van der Waals surface area contributed by atoms with Crippen LogP contribution in [0.4, 0.5) is 4.39 Å². The molecule has 0 nitrogen and oxygen atoms in total. The molecule has 0 unspecified atom stereocenters. The highest BCUT2D eigenvalue weighted by Crippen LogP contribution is 2.11. The Balaban J connectivity index is 3.14. The highest BCUT2D eigenvalue weighted by Gasteiger charge is 2.00. The zero-order chi connectivity index (χ0) is 7.56. The van der Waals surface area contributed by atoms with Gasteiger partial charge in [-0.3, -0.25) is 0 Å². The SMILES string of the molecule is [CH2]Cc1cccc(C)c1F. The van der Waals surface area contributed by atoms with Crippen LogP contribution in [0.3, 0.4) is 0 Å². The van der Waals surface area contributed by atoms with Gasteiger partial charge in [-0.1, -0.05) is 18.2 Å². The molecule has 1 aromatic carbocycles. The lowest BCUT2D eigenvalue weighted by atomic mass is 10.1. The van der Waals surface area contributed by atoms with Gasteiger partial charge in [-0.25, -0.2) is 4.39 Å². The minimum Gasteiger partial charge on any atom is -0.206 e. The summed E-state index contributed by atoms with van der Waals surface area (Å²) in [6.07, 6.45) is 0.521. The number of rotatable bonds is 1. The van der Waals surface area contributed by atoms with E-state index in [-0.39, 0.29) is 5.82 Å². The van der Waals surface area contributed by atoms with E-state index in [0.717, 1.165) is 0 Å². The van der Waals surface area contributed by atoms with Crippen LogP contribution >= 0.6 is 0 Å². The topological polar surface area (TPSA) is 0 Å². The Kier molecular flexibility index (Phi) is 2.05. The number of halogens is 1. The third-order valence-corrected chi connectivity index (χ3v) is 1.54. The quantitative estimate of drug-likeness (QED) is 0.558. The minimum absolute atomic E-state index is 0.113. The number of hydrogen-bond donors (Lipinski definition) is 0. The van der Waals surface area contributed by atoms with Crippen molar-refractivity contribution < 1.29 is 4.39 Å². The van der Waals surface area contributed by atoms with Gasteiger partial charge < -0.3 is 0 Å². The number of hydrogen-bond acceptors (Lipinski definition) is 0. The van der Waals surface area contributed by atoms with E-state index in [4.69, 9.17) is 0 Å². The summed E-state index contributed by atoms with van der Waals surface area (Å²) in [6.45, 7) is 5.38. The van der Waals surface area contributed by atoms with E-state index >= 15 is 0 Å². The largest absolute Gasteiger partial charge is 0.206 e. The van der Waals surface area contributed by atoms with Crippen LogP contribution in [0.5, 0.6) is 0 Å². The van der Waals surface area contributed by atoms with E-state index in [9.17, 15) is 4.39 Å². The fraction of sp³-hybridized carbons (Fsp3) is 0.222. The molecule has 0 aliphatic carbocycles. The Hall–Kier alpha value is -0.850. The molecule has 0 saturated heterocycles. The van der Waals surface area contributed by atoms with Crippen LogP contribution in [0, 0.1) is 19.7 Å². The predicted octanol–water partition coefficient (Wildman–Crippen LogP) is 2.51. The summed E-state index contributed by atoms with van der Waals surface area (Å²) in [6, 6.07) is 5.36. The van der Waals surface area contributed by atoms with Gasteiger partial charge in [-0.05, 0) is 31.4 Å². The molecule has 1 aromatic rings. The second kappa shape index (κ2) is 2.82. The molecule has 0 aromatic heterocycles. The second-order valence-corrected chi connectivity index (χ2v) is 2.30. The van der Waals surface area contributed by atoms with Gasteiger partial charge in [0, 0.05) is 0 Å². The first-order valence-corrected chi connectivity index (χ1v) is 3.29. The van der Waals surface area contributed by atoms with E-state index in [1.54, 1.807) is 19.1 Å². The van der Waals surface area contributed by atoms with E-state index in [1.807, 2.05) is 6.07 Å². The average molecular weight is 137 g/mol. The maximum absolute atomic E-state index is 13.0. The van der Waals surface area contributed by atoms with Gasteiger partial charge in [0.15, 0.2) is 0 Å². The molecular formula is C9H10F. The monoisotopic (exact) mass is 137 g/mol. The molecule has 10 heavy (non-hydrogen) atoms. The van der Waals surface area contributed by atoms with Crippen molar-refractivity contribution in [2.45, 2.75) is 13.3 Å². The number of aryl methyl sites for hydroxylation is 1. The third kappa shape index (κ3) is 1.18. The summed E-state index contributed by atoms with van der Waals surface area (Å²) in [4.78, 5) is 0. The van der Waals surface area contributed by atoms with Crippen molar-refractivity contribution >= 4 is 0 Å². The normalized spacial score (nSPS) is 9.90. The highest BCUT2D eigenvalue weighted by atomic mass is 19.1. The van der Waals surface area contributed by atoms with Gasteiger partial charge in [0.25, 0.3) is 0 Å². The summed E-state index contributed by atoms with van der Waals surface area (Å²) in [5.74, 6) is -0.113. The zero-order valence-corrected chi connectivity index (χ0v) is 6.02. The van der Waals surface area contributed by atoms with Gasteiger partial charge >= 0.3 is 0 Å². The van der Waals surface area contributed by atoms with Crippen molar-refractivity contribution in [3.8, 4) is 0 Å². The Bertz CT molecular complexity index is 228. The van der Waals surface area contributed by atoms with Crippen molar-refractivity contribution in [3.05, 3.63) is 42.1 Å². The van der Waals surface area contributed by atoms with Crippen LogP contribution in [0.15, 0.2) is 18.2 Å². The molecule has 1 rings (SSSR count). The van der Waals surface area contributed by atoms with Crippen molar-refractivity contribution in [2.75, 3.05) is 0 Å². The lowest BCUT2D eigenvalue weighted by molar-refractivity contribution is 0.605. The van der Waals surface area contributed by atoms with Gasteiger partial charge in [0.1, 0.15) is 5.82 Å². The fourth-order valence-electron chi connectivity index (χ4n) is 0.901. The van der Waals surface area contributed by atoms with Crippen LogP contribution < -0.4 is 0 Å². The lowest BCUT2D eigenvalue weighted by Gasteiger charge is -2.00. The molecule has 0 atom stereocenters. The van der Waals surface area contributed by atoms with Crippen LogP contribution in [-0.4, -0.2) is 0 Å². The van der Waals surface area contributed by atoms with E-state index in [0.29, 0.717) is 17.5 Å². The molecule has 0 fully saturated rings. The Morgan fingerprint density at radius 3 is 2.70 bits per heavy atom. The first-order valence-electron chi connectivity index (χ1n) is 3.29. The molecule has 1 radical (unpaired) electrons. The molecule has 0 bridgehead atoms. The fourth-order valence-corrected chi connectivity index (χ4v) is 0.901. The Morgan fingerprint density at radius 2 is 2.20 bits per heavy atom. The molecule has 0 saturated carbocycles. The smallest absolute Gasteiger partial charge is 0.129 e. The highest BCUT2D eigenvalue weighted by molar-refractivity contribution is 5.25. The van der Waals surface area contributed by atoms with Gasteiger partial charge in [-0.2, -0.15) is 0 Å². The van der Waals surface area contributed by atoms with Crippen LogP contribution in [0.2, 0.25) is 0 Å². The summed E-state index contributed by atoms with van der Waals surface area (Å²) in [5.41, 5.74) is 1.39. The van der Waals surface area contributed by atoms with Gasteiger partial charge in [0.2, 0.25) is 0 Å². The van der Waals surface area contributed by atoms with Crippen molar-refractivity contribution in [1.82, 2.24) is 0 Å². The molecule has 0 aliphatic heterocycles. The molecule has 0 amide bonds. The van der Waals surface area contributed by atoms with E-state index in [1.165, 1.54) is 0 Å². The Labute approximate surface area is 60.7 Å². The molecule has 53 valence electrons. The minimum atomic E-state index is -0.113. The lowest BCUT2D eigenvalue weighted by Crippen LogP contribution is -1.89. The van der Waals surface area contributed by atoms with Crippen molar-refractivity contribution in [3.63, 3.8) is 0 Å². The first kappa shape index (κ1) is 7.26. The van der Waals surface area contributed by atoms with Gasteiger partial charge in [-0.15, -0.1) is 0 Å². The van der Waals surface area contributed by atoms with E-state index < -0.39 is 0 Å². The van der Waals surface area contributed by atoms with Gasteiger partial charge in [0.05, 0.1) is 0 Å². The zero-order valence-electron chi connectivity index (χ0n) is 6.02.